The third kappa shape index (κ3) is 2.74. The van der Waals surface area contributed by atoms with Crippen molar-refractivity contribution in [3.63, 3.8) is 0 Å². The van der Waals surface area contributed by atoms with Gasteiger partial charge in [0.2, 0.25) is 5.91 Å². The van der Waals surface area contributed by atoms with Crippen LogP contribution >= 0.6 is 0 Å². The molecule has 1 aromatic carbocycles. The lowest BCUT2D eigenvalue weighted by Gasteiger charge is -2.33. The van der Waals surface area contributed by atoms with Crippen molar-refractivity contribution in [2.75, 3.05) is 11.4 Å². The van der Waals surface area contributed by atoms with Crippen molar-refractivity contribution >= 4 is 11.6 Å². The van der Waals surface area contributed by atoms with E-state index in [4.69, 9.17) is 10.5 Å². The number of nitrogens with zero attached hydrogens (tertiary/aromatic N) is 3. The average molecular weight is 280 g/mol. The summed E-state index contributed by atoms with van der Waals surface area (Å²) < 4.78 is 0. The first-order valence-corrected chi connectivity index (χ1v) is 7.24. The fourth-order valence-corrected chi connectivity index (χ4v) is 2.71. The number of amides is 1. The van der Waals surface area contributed by atoms with Crippen LogP contribution < -0.4 is 10.2 Å². The van der Waals surface area contributed by atoms with Crippen LogP contribution in [-0.4, -0.2) is 24.5 Å². The molecule has 2 aliphatic rings. The summed E-state index contributed by atoms with van der Waals surface area (Å²) in [6.07, 6.45) is 4.11. The number of benzene rings is 1. The maximum absolute atomic E-state index is 12.6. The summed E-state index contributed by atoms with van der Waals surface area (Å²) in [7, 11) is 0. The van der Waals surface area contributed by atoms with Gasteiger partial charge in [-0.1, -0.05) is 0 Å². The summed E-state index contributed by atoms with van der Waals surface area (Å²) in [6.45, 7) is 0.665. The first kappa shape index (κ1) is 13.6. The summed E-state index contributed by atoms with van der Waals surface area (Å²) in [5.41, 5.74) is 1.37. The van der Waals surface area contributed by atoms with Gasteiger partial charge in [-0.15, -0.1) is 0 Å². The topological polar surface area (TPSA) is 79.9 Å². The van der Waals surface area contributed by atoms with Gasteiger partial charge in [-0.2, -0.15) is 10.5 Å². The van der Waals surface area contributed by atoms with E-state index in [1.165, 1.54) is 0 Å². The number of anilines is 1. The molecule has 0 aromatic heterocycles. The minimum Gasteiger partial charge on any atom is -0.311 e. The normalized spacial score (nSPS) is 21.7. The lowest BCUT2D eigenvalue weighted by atomic mass is 10.0. The molecule has 5 nitrogen and oxygen atoms in total. The molecule has 1 unspecified atom stereocenters. The molecule has 0 radical (unpaired) electrons. The molecule has 1 N–H and O–H groups in total. The third-order valence-corrected chi connectivity index (χ3v) is 4.01. The molecule has 1 saturated carbocycles. The zero-order chi connectivity index (χ0) is 14.8. The zero-order valence-corrected chi connectivity index (χ0v) is 11.7. The van der Waals surface area contributed by atoms with Gasteiger partial charge < -0.3 is 10.2 Å². The summed E-state index contributed by atoms with van der Waals surface area (Å²) in [5, 5.41) is 21.4. The van der Waals surface area contributed by atoms with E-state index >= 15 is 0 Å². The van der Waals surface area contributed by atoms with Crippen molar-refractivity contribution in [2.45, 2.75) is 37.8 Å². The van der Waals surface area contributed by atoms with Crippen LogP contribution in [0.3, 0.4) is 0 Å². The van der Waals surface area contributed by atoms with E-state index in [2.05, 4.69) is 5.32 Å². The van der Waals surface area contributed by atoms with Gasteiger partial charge in [-0.3, -0.25) is 4.79 Å². The fraction of sp³-hybridized carbons (Fsp3) is 0.438. The van der Waals surface area contributed by atoms with E-state index in [0.29, 0.717) is 29.4 Å². The predicted molar refractivity (Wildman–Crippen MR) is 77.4 cm³/mol. The minimum absolute atomic E-state index is 0.0711. The van der Waals surface area contributed by atoms with Crippen molar-refractivity contribution in [3.05, 3.63) is 29.3 Å². The van der Waals surface area contributed by atoms with Gasteiger partial charge in [0.15, 0.2) is 0 Å². The highest BCUT2D eigenvalue weighted by Crippen LogP contribution is 2.26. The third-order valence-electron chi connectivity index (χ3n) is 4.01. The molecule has 0 bridgehead atoms. The highest BCUT2D eigenvalue weighted by Gasteiger charge is 2.34. The monoisotopic (exact) mass is 280 g/mol. The van der Waals surface area contributed by atoms with E-state index in [1.807, 2.05) is 12.1 Å². The number of hydrogen-bond acceptors (Lipinski definition) is 4. The molecule has 1 amide bonds. The van der Waals surface area contributed by atoms with E-state index in [0.717, 1.165) is 25.7 Å². The molecular weight excluding hydrogens is 264 g/mol. The van der Waals surface area contributed by atoms with Crippen LogP contribution in [0.5, 0.6) is 0 Å². The lowest BCUT2D eigenvalue weighted by molar-refractivity contribution is -0.121. The SMILES string of the molecule is N#Cc1ccc(N2CCCC(NC3CC3)C2=O)cc1C#N. The van der Waals surface area contributed by atoms with E-state index in [9.17, 15) is 4.79 Å². The summed E-state index contributed by atoms with van der Waals surface area (Å²) in [5.74, 6) is 0.0711. The average Bonchev–Trinajstić information content (AvgIpc) is 3.33. The van der Waals surface area contributed by atoms with Gasteiger partial charge in [-0.05, 0) is 43.9 Å². The summed E-state index contributed by atoms with van der Waals surface area (Å²) in [6, 6.07) is 9.38. The molecule has 2 fully saturated rings. The Morgan fingerprint density at radius 3 is 2.57 bits per heavy atom. The van der Waals surface area contributed by atoms with Crippen LogP contribution in [0.2, 0.25) is 0 Å². The van der Waals surface area contributed by atoms with Gasteiger partial charge in [0.1, 0.15) is 12.1 Å². The number of carbonyl (C=O) groups excluding carboxylic acids is 1. The fourth-order valence-electron chi connectivity index (χ4n) is 2.71. The standard InChI is InChI=1S/C16H16N4O/c17-9-11-3-6-14(8-12(11)10-18)20-7-1-2-15(16(20)21)19-13-4-5-13/h3,6,8,13,15,19H,1-2,4-5,7H2. The van der Waals surface area contributed by atoms with Crippen LogP contribution in [-0.2, 0) is 4.79 Å². The molecule has 1 saturated heterocycles. The number of carbonyl (C=O) groups is 1. The molecule has 1 heterocycles. The lowest BCUT2D eigenvalue weighted by Crippen LogP contribution is -2.51. The molecule has 1 atom stereocenters. The zero-order valence-electron chi connectivity index (χ0n) is 11.7. The number of piperidine rings is 1. The number of rotatable bonds is 3. The first-order valence-electron chi connectivity index (χ1n) is 7.24. The Bertz CT molecular complexity index is 651. The van der Waals surface area contributed by atoms with Crippen molar-refractivity contribution in [3.8, 4) is 12.1 Å². The van der Waals surface area contributed by atoms with Crippen molar-refractivity contribution in [1.29, 1.82) is 10.5 Å². The van der Waals surface area contributed by atoms with Crippen LogP contribution in [0.15, 0.2) is 18.2 Å². The van der Waals surface area contributed by atoms with Crippen molar-refractivity contribution in [2.24, 2.45) is 0 Å². The van der Waals surface area contributed by atoms with Crippen LogP contribution in [0.1, 0.15) is 36.8 Å². The molecule has 1 aromatic rings. The van der Waals surface area contributed by atoms with E-state index < -0.39 is 0 Å². The summed E-state index contributed by atoms with van der Waals surface area (Å²) >= 11 is 0. The Labute approximate surface area is 123 Å². The number of nitrogens with one attached hydrogen (secondary N) is 1. The van der Waals surface area contributed by atoms with E-state index in [1.54, 1.807) is 23.1 Å². The molecule has 3 rings (SSSR count). The number of nitriles is 2. The van der Waals surface area contributed by atoms with Gasteiger partial charge in [0.05, 0.1) is 17.2 Å². The smallest absolute Gasteiger partial charge is 0.244 e. The van der Waals surface area contributed by atoms with Crippen LogP contribution in [0.25, 0.3) is 0 Å². The second kappa shape index (κ2) is 5.55. The Balaban J connectivity index is 1.83. The molecular formula is C16H16N4O. The molecule has 1 aliphatic carbocycles. The van der Waals surface area contributed by atoms with E-state index in [-0.39, 0.29) is 11.9 Å². The Hall–Kier alpha value is -2.37. The predicted octanol–water partition coefficient (Wildman–Crippen LogP) is 1.68. The Morgan fingerprint density at radius 1 is 1.14 bits per heavy atom. The number of hydrogen-bond donors (Lipinski definition) is 1. The molecule has 0 spiro atoms. The highest BCUT2D eigenvalue weighted by atomic mass is 16.2. The van der Waals surface area contributed by atoms with Crippen molar-refractivity contribution in [1.82, 2.24) is 5.32 Å². The quantitative estimate of drug-likeness (QED) is 0.913. The van der Waals surface area contributed by atoms with Gasteiger partial charge in [0.25, 0.3) is 0 Å². The first-order chi connectivity index (χ1) is 10.2. The Morgan fingerprint density at radius 2 is 1.90 bits per heavy atom. The molecule has 5 heteroatoms. The molecule has 106 valence electrons. The highest BCUT2D eigenvalue weighted by molar-refractivity contribution is 5.98. The van der Waals surface area contributed by atoms with Gasteiger partial charge in [0, 0.05) is 18.3 Å². The molecule has 1 aliphatic heterocycles. The minimum atomic E-state index is -0.118. The largest absolute Gasteiger partial charge is 0.311 e. The Kier molecular flexibility index (Phi) is 3.60. The van der Waals surface area contributed by atoms with Gasteiger partial charge in [-0.25, -0.2) is 0 Å². The maximum atomic E-state index is 12.6. The van der Waals surface area contributed by atoms with Crippen molar-refractivity contribution < 1.29 is 4.79 Å². The van der Waals surface area contributed by atoms with Crippen LogP contribution in [0, 0.1) is 22.7 Å². The second-order valence-electron chi connectivity index (χ2n) is 5.58. The molecule has 21 heavy (non-hydrogen) atoms. The summed E-state index contributed by atoms with van der Waals surface area (Å²) in [4.78, 5) is 14.3. The maximum Gasteiger partial charge on any atom is 0.244 e. The van der Waals surface area contributed by atoms with Gasteiger partial charge >= 0.3 is 0 Å². The van der Waals surface area contributed by atoms with Crippen LogP contribution in [0.4, 0.5) is 5.69 Å². The second-order valence-corrected chi connectivity index (χ2v) is 5.58.